The highest BCUT2D eigenvalue weighted by molar-refractivity contribution is 5.83. The van der Waals surface area contributed by atoms with Crippen LogP contribution in [0.25, 0.3) is 0 Å². The molecule has 5 fully saturated rings. The SMILES string of the molecule is O=C(N1CCOCCOCCOCC1)C12CC3CC(CC(C3)C1)C2. The van der Waals surface area contributed by atoms with Gasteiger partial charge in [-0.2, -0.15) is 0 Å². The molecule has 1 aliphatic heterocycles. The zero-order valence-corrected chi connectivity index (χ0v) is 14.7. The minimum absolute atomic E-state index is 0.0606. The molecule has 24 heavy (non-hydrogen) atoms. The summed E-state index contributed by atoms with van der Waals surface area (Å²) in [5.74, 6) is 2.80. The van der Waals surface area contributed by atoms with Crippen LogP contribution in [0.2, 0.25) is 0 Å². The molecule has 1 amide bonds. The lowest BCUT2D eigenvalue weighted by atomic mass is 9.49. The highest BCUT2D eigenvalue weighted by Gasteiger charge is 2.55. The summed E-state index contributed by atoms with van der Waals surface area (Å²) in [6, 6.07) is 0. The van der Waals surface area contributed by atoms with Crippen LogP contribution in [0, 0.1) is 23.2 Å². The molecule has 0 unspecified atom stereocenters. The van der Waals surface area contributed by atoms with E-state index >= 15 is 0 Å². The Balaban J connectivity index is 1.42. The maximum Gasteiger partial charge on any atom is 0.228 e. The van der Waals surface area contributed by atoms with E-state index in [2.05, 4.69) is 0 Å². The monoisotopic (exact) mass is 337 g/mol. The summed E-state index contributed by atoms with van der Waals surface area (Å²) in [5, 5.41) is 0. The normalized spacial score (nSPS) is 40.8. The molecule has 0 N–H and O–H groups in total. The van der Waals surface area contributed by atoms with Gasteiger partial charge in [0.15, 0.2) is 0 Å². The number of amides is 1. The highest BCUT2D eigenvalue weighted by atomic mass is 16.5. The first-order chi connectivity index (χ1) is 11.8. The van der Waals surface area contributed by atoms with Crippen LogP contribution in [0.15, 0.2) is 0 Å². The first kappa shape index (κ1) is 16.8. The molecule has 5 aliphatic rings. The lowest BCUT2D eigenvalue weighted by molar-refractivity contribution is -0.159. The molecular weight excluding hydrogens is 306 g/mol. The molecule has 0 radical (unpaired) electrons. The predicted octanol–water partition coefficient (Wildman–Crippen LogP) is 2.09. The van der Waals surface area contributed by atoms with Gasteiger partial charge in [-0.25, -0.2) is 0 Å². The molecular formula is C19H31NO4. The summed E-state index contributed by atoms with van der Waals surface area (Å²) in [4.78, 5) is 15.5. The van der Waals surface area contributed by atoms with Crippen molar-refractivity contribution in [2.45, 2.75) is 38.5 Å². The van der Waals surface area contributed by atoms with Crippen molar-refractivity contribution in [1.29, 1.82) is 0 Å². The van der Waals surface area contributed by atoms with E-state index in [1.165, 1.54) is 19.3 Å². The van der Waals surface area contributed by atoms with Crippen molar-refractivity contribution in [2.24, 2.45) is 23.2 Å². The number of ether oxygens (including phenoxy) is 3. The molecule has 5 rings (SSSR count). The molecule has 5 nitrogen and oxygen atoms in total. The average Bonchev–Trinajstić information content (AvgIpc) is 2.53. The molecule has 0 atom stereocenters. The maximum absolute atomic E-state index is 13.5. The summed E-state index contributed by atoms with van der Waals surface area (Å²) in [6.45, 7) is 4.97. The number of nitrogens with zero attached hydrogens (tertiary/aromatic N) is 1. The first-order valence-electron chi connectivity index (χ1n) is 9.78. The van der Waals surface area contributed by atoms with Crippen molar-refractivity contribution in [2.75, 3.05) is 52.7 Å². The lowest BCUT2D eigenvalue weighted by Gasteiger charge is -2.56. The van der Waals surface area contributed by atoms with E-state index in [-0.39, 0.29) is 5.41 Å². The second kappa shape index (κ2) is 7.30. The quantitative estimate of drug-likeness (QED) is 0.735. The molecule has 136 valence electrons. The van der Waals surface area contributed by atoms with Crippen LogP contribution < -0.4 is 0 Å². The minimum Gasteiger partial charge on any atom is -0.377 e. The Bertz CT molecular complexity index is 405. The fourth-order valence-corrected chi connectivity index (χ4v) is 5.91. The van der Waals surface area contributed by atoms with Gasteiger partial charge < -0.3 is 19.1 Å². The van der Waals surface area contributed by atoms with Crippen molar-refractivity contribution in [3.63, 3.8) is 0 Å². The summed E-state index contributed by atoms with van der Waals surface area (Å²) in [5.41, 5.74) is -0.0606. The number of rotatable bonds is 1. The smallest absolute Gasteiger partial charge is 0.228 e. The van der Waals surface area contributed by atoms with E-state index in [0.717, 1.165) is 37.0 Å². The van der Waals surface area contributed by atoms with Gasteiger partial charge in [-0.3, -0.25) is 4.79 Å². The third-order valence-corrected chi connectivity index (χ3v) is 6.53. The van der Waals surface area contributed by atoms with Gasteiger partial charge in [0, 0.05) is 13.1 Å². The van der Waals surface area contributed by atoms with Gasteiger partial charge in [0.25, 0.3) is 0 Å². The molecule has 5 heteroatoms. The Morgan fingerprint density at radius 1 is 0.708 bits per heavy atom. The zero-order valence-electron chi connectivity index (χ0n) is 14.7. The zero-order chi connectivity index (χ0) is 16.4. The van der Waals surface area contributed by atoms with Crippen LogP contribution in [0.3, 0.4) is 0 Å². The van der Waals surface area contributed by atoms with E-state index in [9.17, 15) is 4.79 Å². The third kappa shape index (κ3) is 3.49. The molecule has 4 bridgehead atoms. The largest absolute Gasteiger partial charge is 0.377 e. The van der Waals surface area contributed by atoms with Crippen LogP contribution >= 0.6 is 0 Å². The molecule has 1 heterocycles. The van der Waals surface area contributed by atoms with Gasteiger partial charge >= 0.3 is 0 Å². The predicted molar refractivity (Wildman–Crippen MR) is 89.6 cm³/mol. The Morgan fingerprint density at radius 2 is 1.12 bits per heavy atom. The molecule has 0 aromatic carbocycles. The fourth-order valence-electron chi connectivity index (χ4n) is 5.91. The molecule has 0 spiro atoms. The second-order valence-corrected chi connectivity index (χ2v) is 8.33. The van der Waals surface area contributed by atoms with Crippen molar-refractivity contribution >= 4 is 5.91 Å². The van der Waals surface area contributed by atoms with Crippen LogP contribution in [-0.4, -0.2) is 63.5 Å². The molecule has 0 aromatic rings. The summed E-state index contributed by atoms with van der Waals surface area (Å²) >= 11 is 0. The van der Waals surface area contributed by atoms with Crippen LogP contribution in [0.5, 0.6) is 0 Å². The molecule has 0 aromatic heterocycles. The van der Waals surface area contributed by atoms with Crippen molar-refractivity contribution < 1.29 is 19.0 Å². The van der Waals surface area contributed by atoms with Gasteiger partial charge in [-0.1, -0.05) is 0 Å². The number of carbonyl (C=O) groups excluding carboxylic acids is 1. The van der Waals surface area contributed by atoms with Gasteiger partial charge in [0.2, 0.25) is 5.91 Å². The van der Waals surface area contributed by atoms with Crippen molar-refractivity contribution in [3.05, 3.63) is 0 Å². The van der Waals surface area contributed by atoms with Crippen LogP contribution in [-0.2, 0) is 19.0 Å². The average molecular weight is 337 g/mol. The maximum atomic E-state index is 13.5. The number of carbonyl (C=O) groups is 1. The van der Waals surface area contributed by atoms with E-state index in [4.69, 9.17) is 14.2 Å². The van der Waals surface area contributed by atoms with Crippen molar-refractivity contribution in [1.82, 2.24) is 4.90 Å². The molecule has 4 aliphatic carbocycles. The third-order valence-electron chi connectivity index (χ3n) is 6.53. The Labute approximate surface area is 145 Å². The van der Waals surface area contributed by atoms with E-state index in [1.54, 1.807) is 0 Å². The van der Waals surface area contributed by atoms with Crippen LogP contribution in [0.4, 0.5) is 0 Å². The summed E-state index contributed by atoms with van der Waals surface area (Å²) in [6.07, 6.45) is 7.51. The fraction of sp³-hybridized carbons (Fsp3) is 0.947. The number of hydrogen-bond donors (Lipinski definition) is 0. The lowest BCUT2D eigenvalue weighted by Crippen LogP contribution is -2.55. The van der Waals surface area contributed by atoms with E-state index in [0.29, 0.717) is 58.6 Å². The van der Waals surface area contributed by atoms with Gasteiger partial charge in [-0.15, -0.1) is 0 Å². The summed E-state index contributed by atoms with van der Waals surface area (Å²) < 4.78 is 16.7. The highest BCUT2D eigenvalue weighted by Crippen LogP contribution is 2.60. The number of hydrogen-bond acceptors (Lipinski definition) is 4. The van der Waals surface area contributed by atoms with Gasteiger partial charge in [-0.05, 0) is 56.3 Å². The first-order valence-corrected chi connectivity index (χ1v) is 9.78. The van der Waals surface area contributed by atoms with Gasteiger partial charge in [0.05, 0.1) is 45.1 Å². The minimum atomic E-state index is -0.0606. The van der Waals surface area contributed by atoms with Crippen molar-refractivity contribution in [3.8, 4) is 0 Å². The Kier molecular flexibility index (Phi) is 5.11. The molecule has 4 saturated carbocycles. The van der Waals surface area contributed by atoms with E-state index in [1.807, 2.05) is 4.90 Å². The summed E-state index contributed by atoms with van der Waals surface area (Å²) in [7, 11) is 0. The van der Waals surface area contributed by atoms with Gasteiger partial charge in [0.1, 0.15) is 0 Å². The Hall–Kier alpha value is -0.650. The Morgan fingerprint density at radius 3 is 1.58 bits per heavy atom. The van der Waals surface area contributed by atoms with E-state index < -0.39 is 0 Å². The van der Waals surface area contributed by atoms with Crippen LogP contribution in [0.1, 0.15) is 38.5 Å². The second-order valence-electron chi connectivity index (χ2n) is 8.33. The standard InChI is InChI=1S/C19H31NO4/c21-18(19-12-15-9-16(13-19)11-17(10-15)14-19)20-1-3-22-5-7-24-8-6-23-4-2-20/h15-17H,1-14H2. The molecule has 1 saturated heterocycles. The topological polar surface area (TPSA) is 48.0 Å².